The molecule has 0 saturated carbocycles. The van der Waals surface area contributed by atoms with Crippen molar-refractivity contribution >= 4 is 38.1 Å². The molecular weight excluding hydrogens is 313 g/mol. The molecule has 4 aromatic rings. The molecule has 4 aromatic carbocycles. The number of carbonyl (C=O) groups is 1. The van der Waals surface area contributed by atoms with E-state index in [2.05, 4.69) is 0 Å². The molecule has 0 amide bonds. The maximum absolute atomic E-state index is 14.7. The van der Waals surface area contributed by atoms with Crippen LogP contribution in [0.1, 0.15) is 15.9 Å². The number of rotatable bonds is 0. The number of fused-ring (bicyclic) bond motifs is 4. The monoisotopic (exact) mass is 322 g/mol. The fraction of sp³-hybridized carbons (Fsp3) is 0.0500. The minimum atomic E-state index is -1.58. The predicted octanol–water partition coefficient (Wildman–Crippen LogP) is 5.30. The third-order valence-corrected chi connectivity index (χ3v) is 4.82. The van der Waals surface area contributed by atoms with Gasteiger partial charge in [0.2, 0.25) is 0 Å². The second-order valence-electron chi connectivity index (χ2n) is 6.09. The van der Waals surface area contributed by atoms with Gasteiger partial charge < -0.3 is 0 Å². The highest BCUT2D eigenvalue weighted by atomic mass is 19.2. The molecule has 0 radical (unpaired) electrons. The van der Waals surface area contributed by atoms with Gasteiger partial charge in [0.15, 0.2) is 23.2 Å². The largest absolute Gasteiger partial charge is 0.294 e. The summed E-state index contributed by atoms with van der Waals surface area (Å²) in [4.78, 5) is 12.1. The molecule has 116 valence electrons. The van der Waals surface area contributed by atoms with Crippen molar-refractivity contribution in [1.29, 1.82) is 0 Å². The Balaban J connectivity index is 2.20. The van der Waals surface area contributed by atoms with Crippen molar-refractivity contribution in [2.75, 3.05) is 0 Å². The molecule has 0 fully saturated rings. The molecule has 0 aliphatic heterocycles. The lowest BCUT2D eigenvalue weighted by atomic mass is 9.93. The average Bonchev–Trinajstić information content (AvgIpc) is 2.92. The van der Waals surface area contributed by atoms with E-state index in [1.807, 2.05) is 36.4 Å². The van der Waals surface area contributed by atoms with Crippen LogP contribution in [0.25, 0.3) is 32.3 Å². The molecule has 0 spiro atoms. The smallest absolute Gasteiger partial charge is 0.195 e. The van der Waals surface area contributed by atoms with Gasteiger partial charge in [-0.15, -0.1) is 0 Å². The van der Waals surface area contributed by atoms with Crippen LogP contribution in [0, 0.1) is 17.5 Å². The normalized spacial score (nSPS) is 13.5. The van der Waals surface area contributed by atoms with Crippen LogP contribution in [0.4, 0.5) is 13.2 Å². The summed E-state index contributed by atoms with van der Waals surface area (Å²) in [6.07, 6.45) is -0.0333. The van der Waals surface area contributed by atoms with Crippen molar-refractivity contribution in [3.8, 4) is 0 Å². The summed E-state index contributed by atoms with van der Waals surface area (Å²) >= 11 is 0. The molecule has 0 atom stereocenters. The first-order chi connectivity index (χ1) is 11.6. The van der Waals surface area contributed by atoms with Crippen LogP contribution in [0.15, 0.2) is 42.5 Å². The molecule has 0 N–H and O–H groups in total. The molecule has 5 rings (SSSR count). The van der Waals surface area contributed by atoms with Gasteiger partial charge in [0, 0.05) is 22.6 Å². The molecule has 0 bridgehead atoms. The van der Waals surface area contributed by atoms with Gasteiger partial charge in [0.25, 0.3) is 0 Å². The Morgan fingerprint density at radius 2 is 1.50 bits per heavy atom. The number of ketones is 1. The van der Waals surface area contributed by atoms with Gasteiger partial charge in [-0.2, -0.15) is 0 Å². The van der Waals surface area contributed by atoms with E-state index < -0.39 is 23.2 Å². The molecule has 0 unspecified atom stereocenters. The minimum absolute atomic E-state index is 0.000880. The van der Waals surface area contributed by atoms with E-state index in [4.69, 9.17) is 0 Å². The third-order valence-electron chi connectivity index (χ3n) is 4.82. The zero-order valence-corrected chi connectivity index (χ0v) is 12.3. The second-order valence-corrected chi connectivity index (χ2v) is 6.09. The summed E-state index contributed by atoms with van der Waals surface area (Å²) in [5, 5.41) is 3.05. The van der Waals surface area contributed by atoms with Gasteiger partial charge in [-0.25, -0.2) is 13.2 Å². The number of benzene rings is 4. The highest BCUT2D eigenvalue weighted by Gasteiger charge is 2.32. The van der Waals surface area contributed by atoms with E-state index >= 15 is 0 Å². The van der Waals surface area contributed by atoms with Crippen LogP contribution in [-0.2, 0) is 6.42 Å². The van der Waals surface area contributed by atoms with Crippen molar-refractivity contribution in [3.05, 3.63) is 71.0 Å². The summed E-state index contributed by atoms with van der Waals surface area (Å²) in [7, 11) is 0. The summed E-state index contributed by atoms with van der Waals surface area (Å²) in [6, 6.07) is 12.8. The highest BCUT2D eigenvalue weighted by molar-refractivity contribution is 6.27. The van der Waals surface area contributed by atoms with Crippen molar-refractivity contribution in [1.82, 2.24) is 0 Å². The van der Waals surface area contributed by atoms with Gasteiger partial charge >= 0.3 is 0 Å². The van der Waals surface area contributed by atoms with Gasteiger partial charge in [-0.3, -0.25) is 4.79 Å². The van der Waals surface area contributed by atoms with Crippen LogP contribution >= 0.6 is 0 Å². The SMILES string of the molecule is O=C1Cc2cc3ccc4ccccc4c3c3c(F)c(F)c(F)c1c23. The third kappa shape index (κ3) is 1.48. The number of halogens is 3. The molecule has 0 heterocycles. The Morgan fingerprint density at radius 1 is 0.750 bits per heavy atom. The fourth-order valence-corrected chi connectivity index (χ4v) is 3.83. The molecule has 1 nitrogen and oxygen atoms in total. The predicted molar refractivity (Wildman–Crippen MR) is 86.9 cm³/mol. The van der Waals surface area contributed by atoms with E-state index in [1.54, 1.807) is 6.07 Å². The van der Waals surface area contributed by atoms with Gasteiger partial charge in [0.1, 0.15) is 0 Å². The molecule has 4 heteroatoms. The maximum atomic E-state index is 14.7. The Labute approximate surface area is 134 Å². The lowest BCUT2D eigenvalue weighted by molar-refractivity contribution is 0.0995. The van der Waals surface area contributed by atoms with E-state index in [9.17, 15) is 18.0 Å². The van der Waals surface area contributed by atoms with Crippen molar-refractivity contribution in [2.24, 2.45) is 0 Å². The Kier molecular flexibility index (Phi) is 2.46. The molecule has 24 heavy (non-hydrogen) atoms. The van der Waals surface area contributed by atoms with Crippen molar-refractivity contribution in [2.45, 2.75) is 6.42 Å². The van der Waals surface area contributed by atoms with Gasteiger partial charge in [-0.1, -0.05) is 42.5 Å². The molecule has 0 saturated heterocycles. The number of hydrogen-bond donors (Lipinski definition) is 0. The molecular formula is C20H9F3O. The number of hydrogen-bond acceptors (Lipinski definition) is 1. The standard InChI is InChI=1S/C20H9F3O/c21-18-16-13(24)8-11-7-10-6-5-9-3-1-2-4-12(9)14(10)17(15(11)16)19(22)20(18)23/h1-7H,8H2. The Hall–Kier alpha value is -2.88. The van der Waals surface area contributed by atoms with E-state index in [0.29, 0.717) is 16.3 Å². The first-order valence-corrected chi connectivity index (χ1v) is 7.54. The van der Waals surface area contributed by atoms with Crippen molar-refractivity contribution in [3.63, 3.8) is 0 Å². The summed E-state index contributed by atoms with van der Waals surface area (Å²) in [5.74, 6) is -4.71. The topological polar surface area (TPSA) is 17.1 Å². The van der Waals surface area contributed by atoms with Crippen molar-refractivity contribution < 1.29 is 18.0 Å². The molecule has 1 aliphatic carbocycles. The highest BCUT2D eigenvalue weighted by Crippen LogP contribution is 2.42. The molecule has 0 aromatic heterocycles. The zero-order chi connectivity index (χ0) is 16.6. The summed E-state index contributed by atoms with van der Waals surface area (Å²) in [6.45, 7) is 0. The summed E-state index contributed by atoms with van der Waals surface area (Å²) < 4.78 is 43.0. The van der Waals surface area contributed by atoms with Gasteiger partial charge in [-0.05, 0) is 21.7 Å². The van der Waals surface area contributed by atoms with Crippen LogP contribution in [0.2, 0.25) is 0 Å². The van der Waals surface area contributed by atoms with Crippen LogP contribution in [-0.4, -0.2) is 5.78 Å². The van der Waals surface area contributed by atoms with E-state index in [-0.39, 0.29) is 22.8 Å². The zero-order valence-electron chi connectivity index (χ0n) is 12.3. The summed E-state index contributed by atoms with van der Waals surface area (Å²) in [5.41, 5.74) is 0.222. The quantitative estimate of drug-likeness (QED) is 0.317. The first kappa shape index (κ1) is 13.5. The Morgan fingerprint density at radius 3 is 2.33 bits per heavy atom. The minimum Gasteiger partial charge on any atom is -0.294 e. The van der Waals surface area contributed by atoms with Crippen LogP contribution < -0.4 is 0 Å². The number of Topliss-reactive ketones (excluding diaryl/α,β-unsaturated/α-hetero) is 1. The first-order valence-electron chi connectivity index (χ1n) is 7.54. The van der Waals surface area contributed by atoms with Crippen LogP contribution in [0.3, 0.4) is 0 Å². The lowest BCUT2D eigenvalue weighted by Gasteiger charge is -2.12. The van der Waals surface area contributed by atoms with Crippen LogP contribution in [0.5, 0.6) is 0 Å². The van der Waals surface area contributed by atoms with E-state index in [1.165, 1.54) is 0 Å². The lowest BCUT2D eigenvalue weighted by Crippen LogP contribution is -2.03. The van der Waals surface area contributed by atoms with Gasteiger partial charge in [0.05, 0.1) is 5.56 Å². The number of carbonyl (C=O) groups excluding carboxylic acids is 1. The fourth-order valence-electron chi connectivity index (χ4n) is 3.83. The molecule has 1 aliphatic rings. The van der Waals surface area contributed by atoms with E-state index in [0.717, 1.165) is 10.8 Å². The average molecular weight is 322 g/mol. The second kappa shape index (κ2) is 4.35. The Bertz CT molecular complexity index is 1220. The maximum Gasteiger partial charge on any atom is 0.195 e.